The van der Waals surface area contributed by atoms with Crippen LogP contribution in [0.5, 0.6) is 0 Å². The number of rotatable bonds is 17. The number of methoxy groups -OCH3 is 2. The Kier molecular flexibility index (Phi) is 15.3. The Morgan fingerprint density at radius 1 is 0.930 bits per heavy atom. The van der Waals surface area contributed by atoms with E-state index >= 15 is 0 Å². The largest absolute Gasteiger partial charge is 0.469 e. The molecule has 43 heavy (non-hydrogen) atoms. The Morgan fingerprint density at radius 2 is 1.53 bits per heavy atom. The third-order valence-corrected chi connectivity index (χ3v) is 19.2. The van der Waals surface area contributed by atoms with Gasteiger partial charge in [-0.2, -0.15) is 0 Å². The van der Waals surface area contributed by atoms with Crippen LogP contribution in [0.15, 0.2) is 23.8 Å². The summed E-state index contributed by atoms with van der Waals surface area (Å²) < 4.78 is 25.0. The van der Waals surface area contributed by atoms with Crippen molar-refractivity contribution in [3.8, 4) is 0 Å². The molecule has 8 heteroatoms. The van der Waals surface area contributed by atoms with Gasteiger partial charge in [-0.3, -0.25) is 9.59 Å². The van der Waals surface area contributed by atoms with Crippen molar-refractivity contribution in [1.82, 2.24) is 0 Å². The number of carbonyl (C=O) groups is 2. The minimum atomic E-state index is -2.14. The van der Waals surface area contributed by atoms with Gasteiger partial charge in [0.05, 0.1) is 24.9 Å². The van der Waals surface area contributed by atoms with Crippen molar-refractivity contribution in [3.05, 3.63) is 23.8 Å². The maximum absolute atomic E-state index is 13.5. The molecule has 0 unspecified atom stereocenters. The van der Waals surface area contributed by atoms with E-state index in [9.17, 15) is 9.59 Å². The quantitative estimate of drug-likeness (QED) is 0.0519. The first kappa shape index (κ1) is 40.0. The molecule has 0 spiro atoms. The first-order valence-corrected chi connectivity index (χ1v) is 22.4. The van der Waals surface area contributed by atoms with Gasteiger partial charge in [0, 0.05) is 31.4 Å². The number of ketones is 1. The van der Waals surface area contributed by atoms with E-state index in [0.717, 1.165) is 50.5 Å². The lowest BCUT2D eigenvalue weighted by Crippen LogP contribution is -2.51. The fourth-order valence-electron chi connectivity index (χ4n) is 4.88. The van der Waals surface area contributed by atoms with E-state index in [2.05, 4.69) is 99.8 Å². The van der Waals surface area contributed by atoms with Gasteiger partial charge in [0.25, 0.3) is 0 Å². The highest BCUT2D eigenvalue weighted by Crippen LogP contribution is 2.43. The fourth-order valence-corrected chi connectivity index (χ4v) is 7.54. The highest BCUT2D eigenvalue weighted by molar-refractivity contribution is 6.74. The van der Waals surface area contributed by atoms with Gasteiger partial charge in [-0.05, 0) is 68.9 Å². The number of hydrogen-bond acceptors (Lipinski definition) is 6. The summed E-state index contributed by atoms with van der Waals surface area (Å²) >= 11 is 0. The zero-order valence-electron chi connectivity index (χ0n) is 30.3. The lowest BCUT2D eigenvalue weighted by atomic mass is 9.90. The molecule has 0 radical (unpaired) electrons. The topological polar surface area (TPSA) is 71.1 Å². The summed E-state index contributed by atoms with van der Waals surface area (Å²) in [6, 6.07) is 0. The molecule has 0 bridgehead atoms. The number of unbranched alkanes of at least 4 members (excludes halogenated alkanes) is 4. The molecule has 4 atom stereocenters. The number of esters is 1. The molecule has 0 aromatic rings. The molecule has 0 aromatic carbocycles. The van der Waals surface area contributed by atoms with Crippen LogP contribution in [0.25, 0.3) is 0 Å². The Hall–Kier alpha value is -1.07. The number of hydrogen-bond donors (Lipinski definition) is 0. The van der Waals surface area contributed by atoms with E-state index in [-0.39, 0.29) is 40.0 Å². The molecule has 0 aromatic heterocycles. The van der Waals surface area contributed by atoms with Crippen LogP contribution in [0.3, 0.4) is 0 Å². The Morgan fingerprint density at radius 3 is 2.05 bits per heavy atom. The summed E-state index contributed by atoms with van der Waals surface area (Å²) in [6.45, 7) is 27.0. The molecule has 1 rings (SSSR count). The maximum atomic E-state index is 13.5. The van der Waals surface area contributed by atoms with Crippen molar-refractivity contribution < 1.29 is 27.9 Å². The summed E-state index contributed by atoms with van der Waals surface area (Å²) in [5, 5.41) is 0.0912. The van der Waals surface area contributed by atoms with Crippen molar-refractivity contribution >= 4 is 28.4 Å². The minimum absolute atomic E-state index is 0.0408. The highest BCUT2D eigenvalue weighted by Gasteiger charge is 2.46. The summed E-state index contributed by atoms with van der Waals surface area (Å²) in [4.78, 5) is 25.0. The molecular formula is C35H66O6Si2. The molecule has 1 aliphatic rings. The smallest absolute Gasteiger partial charge is 0.305 e. The molecule has 1 aliphatic carbocycles. The van der Waals surface area contributed by atoms with E-state index in [1.54, 1.807) is 7.11 Å². The van der Waals surface area contributed by atoms with Crippen molar-refractivity contribution in [1.29, 1.82) is 0 Å². The van der Waals surface area contributed by atoms with Crippen LogP contribution in [-0.4, -0.2) is 60.4 Å². The van der Waals surface area contributed by atoms with Gasteiger partial charge in [0.2, 0.25) is 0 Å². The van der Waals surface area contributed by atoms with Gasteiger partial charge in [-0.15, -0.1) is 0 Å². The Balaban J connectivity index is 3.47. The molecular weight excluding hydrogens is 573 g/mol. The monoisotopic (exact) mass is 638 g/mol. The lowest BCUT2D eigenvalue weighted by molar-refractivity contribution is -0.140. The maximum Gasteiger partial charge on any atom is 0.305 e. The SMILES string of the molecule is CCCC[C@@](C)(OC)[C@@H](C=C[C@@H]1C(=CCCCCCC(=O)OC)C(=O)C[C@H]1O[Si](C)(C)C(C)(C)C)O[Si](C)(C)C(C)(C)C. The second-order valence-electron chi connectivity index (χ2n) is 15.7. The van der Waals surface area contributed by atoms with Gasteiger partial charge in [-0.1, -0.05) is 86.0 Å². The molecule has 250 valence electrons. The zero-order chi connectivity index (χ0) is 33.3. The molecule has 6 nitrogen and oxygen atoms in total. The summed E-state index contributed by atoms with van der Waals surface area (Å²) in [5.74, 6) is -0.124. The highest BCUT2D eigenvalue weighted by atomic mass is 28.4. The van der Waals surface area contributed by atoms with Crippen LogP contribution in [-0.2, 0) is 27.9 Å². The third-order valence-electron chi connectivity index (χ3n) is 10.2. The fraction of sp³-hybridized carbons (Fsp3) is 0.829. The molecule has 1 fully saturated rings. The van der Waals surface area contributed by atoms with E-state index in [1.165, 1.54) is 7.11 Å². The number of allylic oxidation sites excluding steroid dienone is 1. The number of ether oxygens (including phenoxy) is 2. The average molecular weight is 639 g/mol. The van der Waals surface area contributed by atoms with E-state index in [0.29, 0.717) is 12.8 Å². The van der Waals surface area contributed by atoms with E-state index in [1.807, 2.05) is 0 Å². The van der Waals surface area contributed by atoms with Gasteiger partial charge in [-0.25, -0.2) is 0 Å². The number of carbonyl (C=O) groups excluding carboxylic acids is 2. The Labute approximate surface area is 267 Å². The summed E-state index contributed by atoms with van der Waals surface area (Å²) in [5.41, 5.74) is 0.371. The van der Waals surface area contributed by atoms with Crippen molar-refractivity contribution in [2.24, 2.45) is 5.92 Å². The van der Waals surface area contributed by atoms with Crippen LogP contribution in [0.1, 0.15) is 113 Å². The predicted octanol–water partition coefficient (Wildman–Crippen LogP) is 9.56. The van der Waals surface area contributed by atoms with Crippen molar-refractivity contribution in [3.63, 3.8) is 0 Å². The summed E-state index contributed by atoms with van der Waals surface area (Å²) in [7, 11) is -1.04. The number of Topliss-reactive ketones (excluding diaryl/α,β-unsaturated/α-hetero) is 1. The Bertz CT molecular complexity index is 956. The zero-order valence-corrected chi connectivity index (χ0v) is 32.3. The predicted molar refractivity (Wildman–Crippen MR) is 185 cm³/mol. The first-order chi connectivity index (χ1) is 19.7. The van der Waals surface area contributed by atoms with Crippen LogP contribution in [0.2, 0.25) is 36.3 Å². The first-order valence-electron chi connectivity index (χ1n) is 16.5. The summed E-state index contributed by atoms with van der Waals surface area (Å²) in [6.07, 6.45) is 13.4. The van der Waals surface area contributed by atoms with Gasteiger partial charge in [0.1, 0.15) is 0 Å². The van der Waals surface area contributed by atoms with Crippen molar-refractivity contribution in [2.45, 2.75) is 167 Å². The van der Waals surface area contributed by atoms with Crippen LogP contribution >= 0.6 is 0 Å². The lowest BCUT2D eigenvalue weighted by Gasteiger charge is -2.44. The van der Waals surface area contributed by atoms with Crippen molar-refractivity contribution in [2.75, 3.05) is 14.2 Å². The normalized spacial score (nSPS) is 21.9. The van der Waals surface area contributed by atoms with E-state index in [4.69, 9.17) is 18.3 Å². The molecule has 0 heterocycles. The van der Waals surface area contributed by atoms with Gasteiger partial charge >= 0.3 is 5.97 Å². The molecule has 0 N–H and O–H groups in total. The molecule has 1 saturated carbocycles. The van der Waals surface area contributed by atoms with Gasteiger partial charge < -0.3 is 18.3 Å². The second-order valence-corrected chi connectivity index (χ2v) is 25.2. The molecule has 0 saturated heterocycles. The third kappa shape index (κ3) is 11.7. The standard InChI is InChI=1S/C35H66O6Si2/c1-15-16-25-35(8,39-10)31(41-43(13,14)34(5,6)7)24-23-28-27(21-19-17-18-20-22-32(37)38-9)29(36)26-30(28)40-42(11,12)33(2,3)4/h21,23-24,28,30-31H,15-20,22,25-26H2,1-14H3/t28-,30-,31-,35-/m1/s1. The van der Waals surface area contributed by atoms with E-state index < -0.39 is 22.2 Å². The minimum Gasteiger partial charge on any atom is -0.469 e. The van der Waals surface area contributed by atoms with Crippen LogP contribution in [0, 0.1) is 5.92 Å². The second kappa shape index (κ2) is 16.5. The molecule has 0 amide bonds. The van der Waals surface area contributed by atoms with Crippen LogP contribution in [0.4, 0.5) is 0 Å². The van der Waals surface area contributed by atoms with Gasteiger partial charge in [0.15, 0.2) is 22.4 Å². The average Bonchev–Trinajstić information content (AvgIpc) is 3.18. The van der Waals surface area contributed by atoms with Crippen LogP contribution < -0.4 is 0 Å². The molecule has 0 aliphatic heterocycles.